The van der Waals surface area contributed by atoms with Crippen LogP contribution in [0.15, 0.2) is 35.3 Å². The van der Waals surface area contributed by atoms with Gasteiger partial charge in [-0.05, 0) is 12.5 Å². The van der Waals surface area contributed by atoms with Gasteiger partial charge in [0, 0.05) is 6.21 Å². The van der Waals surface area contributed by atoms with E-state index < -0.39 is 0 Å². The summed E-state index contributed by atoms with van der Waals surface area (Å²) in [6, 6.07) is 10.1. The number of aliphatic imine (C=N–C) groups is 1. The van der Waals surface area contributed by atoms with E-state index in [2.05, 4.69) is 17.1 Å². The van der Waals surface area contributed by atoms with Crippen molar-refractivity contribution in [2.45, 2.75) is 18.8 Å². The second-order valence-electron chi connectivity index (χ2n) is 2.65. The first-order valence-corrected chi connectivity index (χ1v) is 4.40. The maximum absolute atomic E-state index is 5.69. The first kappa shape index (κ1) is 9.27. The van der Waals surface area contributed by atoms with E-state index in [1.165, 1.54) is 5.56 Å². The standard InChI is InChI=1S/C10H12ClN/c1-9(11)7-12-8-10-5-3-2-4-6-10/h2-7,9H,8H2,1H3/t9-/m0/s1. The highest BCUT2D eigenvalue weighted by molar-refractivity contribution is 6.27. The van der Waals surface area contributed by atoms with Gasteiger partial charge in [-0.3, -0.25) is 4.99 Å². The summed E-state index contributed by atoms with van der Waals surface area (Å²) in [6.07, 6.45) is 1.76. The predicted octanol–water partition coefficient (Wildman–Crippen LogP) is 2.88. The lowest BCUT2D eigenvalue weighted by atomic mass is 10.2. The monoisotopic (exact) mass is 181 g/mol. The molecule has 0 radical (unpaired) electrons. The summed E-state index contributed by atoms with van der Waals surface area (Å²) in [5, 5.41) is 0.0220. The van der Waals surface area contributed by atoms with Gasteiger partial charge in [-0.1, -0.05) is 30.3 Å². The van der Waals surface area contributed by atoms with Crippen LogP contribution in [0.2, 0.25) is 0 Å². The summed E-state index contributed by atoms with van der Waals surface area (Å²) < 4.78 is 0. The van der Waals surface area contributed by atoms with Crippen molar-refractivity contribution in [3.8, 4) is 0 Å². The van der Waals surface area contributed by atoms with Crippen LogP contribution in [-0.2, 0) is 6.54 Å². The molecule has 1 rings (SSSR count). The summed E-state index contributed by atoms with van der Waals surface area (Å²) >= 11 is 5.69. The van der Waals surface area contributed by atoms with E-state index in [1.807, 2.05) is 25.1 Å². The second kappa shape index (κ2) is 4.94. The molecule has 0 spiro atoms. The van der Waals surface area contributed by atoms with Crippen LogP contribution in [0.3, 0.4) is 0 Å². The molecule has 0 amide bonds. The van der Waals surface area contributed by atoms with Crippen molar-refractivity contribution in [1.82, 2.24) is 0 Å². The average Bonchev–Trinajstić information content (AvgIpc) is 2.05. The van der Waals surface area contributed by atoms with Crippen molar-refractivity contribution < 1.29 is 0 Å². The highest BCUT2D eigenvalue weighted by Crippen LogP contribution is 2.00. The zero-order valence-electron chi connectivity index (χ0n) is 7.07. The molecule has 0 N–H and O–H groups in total. The number of hydrogen-bond acceptors (Lipinski definition) is 1. The highest BCUT2D eigenvalue weighted by Gasteiger charge is 1.88. The van der Waals surface area contributed by atoms with E-state index in [0.717, 1.165) is 6.54 Å². The Bertz CT molecular complexity index is 241. The van der Waals surface area contributed by atoms with Gasteiger partial charge < -0.3 is 0 Å². The number of benzene rings is 1. The summed E-state index contributed by atoms with van der Waals surface area (Å²) in [7, 11) is 0. The number of halogens is 1. The number of rotatable bonds is 3. The number of alkyl halides is 1. The minimum atomic E-state index is 0.0220. The summed E-state index contributed by atoms with van der Waals surface area (Å²) in [5.74, 6) is 0. The SMILES string of the molecule is C[C@H](Cl)C=NCc1ccccc1. The molecule has 0 aliphatic carbocycles. The zero-order chi connectivity index (χ0) is 8.81. The summed E-state index contributed by atoms with van der Waals surface area (Å²) in [4.78, 5) is 4.18. The van der Waals surface area contributed by atoms with Crippen LogP contribution in [0.25, 0.3) is 0 Å². The Hall–Kier alpha value is -0.820. The molecule has 0 saturated carbocycles. The van der Waals surface area contributed by atoms with Gasteiger partial charge in [0.1, 0.15) is 0 Å². The fraction of sp³-hybridized carbons (Fsp3) is 0.300. The predicted molar refractivity (Wildman–Crippen MR) is 54.0 cm³/mol. The Morgan fingerprint density at radius 3 is 2.67 bits per heavy atom. The molecule has 1 nitrogen and oxygen atoms in total. The molecule has 0 aromatic heterocycles. The van der Waals surface area contributed by atoms with E-state index in [9.17, 15) is 0 Å². The summed E-state index contributed by atoms with van der Waals surface area (Å²) in [6.45, 7) is 2.62. The smallest absolute Gasteiger partial charge is 0.0655 e. The van der Waals surface area contributed by atoms with Crippen molar-refractivity contribution in [2.24, 2.45) is 4.99 Å². The normalized spacial score (nSPS) is 13.5. The summed E-state index contributed by atoms with van der Waals surface area (Å²) in [5.41, 5.74) is 1.21. The zero-order valence-corrected chi connectivity index (χ0v) is 7.83. The molecule has 0 saturated heterocycles. The van der Waals surface area contributed by atoms with Crippen LogP contribution in [0.4, 0.5) is 0 Å². The first-order valence-electron chi connectivity index (χ1n) is 3.97. The van der Waals surface area contributed by atoms with Crippen molar-refractivity contribution >= 4 is 17.8 Å². The molecule has 0 heterocycles. The minimum Gasteiger partial charge on any atom is -0.291 e. The Labute approximate surface area is 78.1 Å². The Morgan fingerprint density at radius 1 is 1.42 bits per heavy atom. The fourth-order valence-corrected chi connectivity index (χ4v) is 0.966. The largest absolute Gasteiger partial charge is 0.291 e. The van der Waals surface area contributed by atoms with E-state index in [4.69, 9.17) is 11.6 Å². The van der Waals surface area contributed by atoms with Crippen LogP contribution in [0, 0.1) is 0 Å². The second-order valence-corrected chi connectivity index (χ2v) is 3.34. The lowest BCUT2D eigenvalue weighted by Crippen LogP contribution is -1.91. The molecular weight excluding hydrogens is 170 g/mol. The lowest BCUT2D eigenvalue weighted by molar-refractivity contribution is 1.06. The van der Waals surface area contributed by atoms with Gasteiger partial charge in [0.05, 0.1) is 11.9 Å². The molecule has 0 unspecified atom stereocenters. The van der Waals surface area contributed by atoms with E-state index in [-0.39, 0.29) is 5.38 Å². The van der Waals surface area contributed by atoms with Gasteiger partial charge in [-0.2, -0.15) is 0 Å². The average molecular weight is 182 g/mol. The maximum atomic E-state index is 5.69. The van der Waals surface area contributed by atoms with Crippen LogP contribution in [0.1, 0.15) is 12.5 Å². The molecular formula is C10H12ClN. The molecule has 0 aliphatic heterocycles. The van der Waals surface area contributed by atoms with Gasteiger partial charge in [0.2, 0.25) is 0 Å². The molecule has 1 atom stereocenters. The Morgan fingerprint density at radius 2 is 2.08 bits per heavy atom. The van der Waals surface area contributed by atoms with Crippen LogP contribution in [-0.4, -0.2) is 11.6 Å². The number of hydrogen-bond donors (Lipinski definition) is 0. The quantitative estimate of drug-likeness (QED) is 0.502. The first-order chi connectivity index (χ1) is 5.79. The van der Waals surface area contributed by atoms with E-state index in [0.29, 0.717) is 0 Å². The van der Waals surface area contributed by atoms with Crippen molar-refractivity contribution in [1.29, 1.82) is 0 Å². The van der Waals surface area contributed by atoms with Gasteiger partial charge >= 0.3 is 0 Å². The molecule has 1 aromatic rings. The lowest BCUT2D eigenvalue weighted by Gasteiger charge is -1.94. The van der Waals surface area contributed by atoms with Crippen molar-refractivity contribution in [3.63, 3.8) is 0 Å². The maximum Gasteiger partial charge on any atom is 0.0655 e. The molecule has 0 bridgehead atoms. The minimum absolute atomic E-state index is 0.0220. The molecule has 0 aliphatic rings. The van der Waals surface area contributed by atoms with Gasteiger partial charge in [0.15, 0.2) is 0 Å². The van der Waals surface area contributed by atoms with Crippen LogP contribution >= 0.6 is 11.6 Å². The van der Waals surface area contributed by atoms with Gasteiger partial charge in [-0.15, -0.1) is 11.6 Å². The van der Waals surface area contributed by atoms with Crippen molar-refractivity contribution in [2.75, 3.05) is 0 Å². The van der Waals surface area contributed by atoms with E-state index >= 15 is 0 Å². The molecule has 64 valence electrons. The van der Waals surface area contributed by atoms with Crippen LogP contribution < -0.4 is 0 Å². The van der Waals surface area contributed by atoms with Gasteiger partial charge in [-0.25, -0.2) is 0 Å². The van der Waals surface area contributed by atoms with Crippen molar-refractivity contribution in [3.05, 3.63) is 35.9 Å². The van der Waals surface area contributed by atoms with Crippen LogP contribution in [0.5, 0.6) is 0 Å². The number of nitrogens with zero attached hydrogens (tertiary/aromatic N) is 1. The third-order valence-corrected chi connectivity index (χ3v) is 1.54. The topological polar surface area (TPSA) is 12.4 Å². The highest BCUT2D eigenvalue weighted by atomic mass is 35.5. The third-order valence-electron chi connectivity index (χ3n) is 1.43. The molecule has 2 heteroatoms. The molecule has 1 aromatic carbocycles. The van der Waals surface area contributed by atoms with E-state index in [1.54, 1.807) is 6.21 Å². The molecule has 0 fully saturated rings. The molecule has 12 heavy (non-hydrogen) atoms. The van der Waals surface area contributed by atoms with Gasteiger partial charge in [0.25, 0.3) is 0 Å². The fourth-order valence-electron chi connectivity index (χ4n) is 0.887. The third kappa shape index (κ3) is 3.54. The Balaban J connectivity index is 2.43. The Kier molecular flexibility index (Phi) is 3.81.